The molecule has 10 heteroatoms. The summed E-state index contributed by atoms with van der Waals surface area (Å²) < 4.78 is 10.1. The Kier molecular flexibility index (Phi) is 6.06. The van der Waals surface area contributed by atoms with Gasteiger partial charge in [-0.15, -0.1) is 0 Å². The molecule has 0 aromatic heterocycles. The van der Waals surface area contributed by atoms with Gasteiger partial charge in [0.15, 0.2) is 0 Å². The van der Waals surface area contributed by atoms with Gasteiger partial charge in [0.25, 0.3) is 11.6 Å². The summed E-state index contributed by atoms with van der Waals surface area (Å²) >= 11 is 0. The van der Waals surface area contributed by atoms with Crippen LogP contribution in [0.15, 0.2) is 54.2 Å². The second-order valence-electron chi connectivity index (χ2n) is 6.24. The maximum atomic E-state index is 12.3. The maximum absolute atomic E-state index is 12.3. The number of methoxy groups -OCH3 is 1. The molecule has 0 atom stereocenters. The van der Waals surface area contributed by atoms with E-state index in [2.05, 4.69) is 10.1 Å². The summed E-state index contributed by atoms with van der Waals surface area (Å²) in [5.41, 5.74) is 1.30. The molecule has 0 spiro atoms. The lowest BCUT2D eigenvalue weighted by atomic mass is 10.2. The van der Waals surface area contributed by atoms with Crippen LogP contribution in [-0.4, -0.2) is 41.4 Å². The highest BCUT2D eigenvalue weighted by molar-refractivity contribution is 6.15. The van der Waals surface area contributed by atoms with E-state index in [1.165, 1.54) is 25.3 Å². The van der Waals surface area contributed by atoms with E-state index in [0.717, 1.165) is 4.90 Å². The van der Waals surface area contributed by atoms with E-state index in [1.54, 1.807) is 36.4 Å². The van der Waals surface area contributed by atoms with Crippen molar-refractivity contribution in [2.75, 3.05) is 13.7 Å². The molecule has 2 aromatic rings. The van der Waals surface area contributed by atoms with Crippen LogP contribution in [0.2, 0.25) is 0 Å². The van der Waals surface area contributed by atoms with Gasteiger partial charge in [0.05, 0.1) is 12.0 Å². The van der Waals surface area contributed by atoms with E-state index >= 15 is 0 Å². The average molecular weight is 411 g/mol. The highest BCUT2D eigenvalue weighted by Crippen LogP contribution is 2.19. The molecule has 0 saturated carbocycles. The summed E-state index contributed by atoms with van der Waals surface area (Å²) in [5, 5.41) is 13.2. The number of urea groups is 1. The number of benzene rings is 2. The van der Waals surface area contributed by atoms with Crippen LogP contribution in [0, 0.1) is 10.1 Å². The van der Waals surface area contributed by atoms with Crippen LogP contribution in [0.1, 0.15) is 11.1 Å². The lowest BCUT2D eigenvalue weighted by Crippen LogP contribution is -2.36. The number of nitrogens with one attached hydrogen (secondary N) is 1. The minimum absolute atomic E-state index is 0.0115. The van der Waals surface area contributed by atoms with Gasteiger partial charge in [0, 0.05) is 12.1 Å². The zero-order valence-electron chi connectivity index (χ0n) is 15.9. The molecule has 1 aliphatic rings. The number of nitrogens with zero attached hydrogens (tertiary/aromatic N) is 2. The molecule has 30 heavy (non-hydrogen) atoms. The fourth-order valence-electron chi connectivity index (χ4n) is 2.66. The second-order valence-corrected chi connectivity index (χ2v) is 6.24. The highest BCUT2D eigenvalue weighted by atomic mass is 16.6. The van der Waals surface area contributed by atoms with Gasteiger partial charge in [-0.1, -0.05) is 24.3 Å². The molecule has 154 valence electrons. The third-order valence-corrected chi connectivity index (χ3v) is 4.20. The molecule has 1 aliphatic heterocycles. The van der Waals surface area contributed by atoms with Crippen LogP contribution < -0.4 is 10.1 Å². The molecular formula is C20H17N3O7. The lowest BCUT2D eigenvalue weighted by Gasteiger charge is -2.09. The normalized spacial score (nSPS) is 14.6. The summed E-state index contributed by atoms with van der Waals surface area (Å²) in [7, 11) is 1.17. The topological polar surface area (TPSA) is 128 Å². The predicted octanol–water partition coefficient (Wildman–Crippen LogP) is 2.24. The molecule has 0 unspecified atom stereocenters. The highest BCUT2D eigenvalue weighted by Gasteiger charge is 2.35. The molecule has 1 N–H and O–H groups in total. The van der Waals surface area contributed by atoms with Crippen molar-refractivity contribution in [3.8, 4) is 5.75 Å². The van der Waals surface area contributed by atoms with Crippen molar-refractivity contribution in [2.45, 2.75) is 6.61 Å². The second kappa shape index (κ2) is 8.86. The van der Waals surface area contributed by atoms with Gasteiger partial charge in [0.1, 0.15) is 24.6 Å². The first kappa shape index (κ1) is 20.5. The molecule has 1 saturated heterocycles. The van der Waals surface area contributed by atoms with E-state index in [-0.39, 0.29) is 18.0 Å². The number of hydrogen-bond acceptors (Lipinski definition) is 7. The predicted molar refractivity (Wildman–Crippen MR) is 104 cm³/mol. The summed E-state index contributed by atoms with van der Waals surface area (Å²) in [4.78, 5) is 46.6. The summed E-state index contributed by atoms with van der Waals surface area (Å²) in [6, 6.07) is 12.1. The van der Waals surface area contributed by atoms with E-state index in [9.17, 15) is 24.5 Å². The number of esters is 1. The number of nitro groups is 1. The molecule has 3 rings (SSSR count). The Morgan fingerprint density at radius 1 is 1.20 bits per heavy atom. The Bertz CT molecular complexity index is 1030. The van der Waals surface area contributed by atoms with Gasteiger partial charge in [0.2, 0.25) is 0 Å². The maximum Gasteiger partial charge on any atom is 0.329 e. The van der Waals surface area contributed by atoms with Crippen molar-refractivity contribution in [1.82, 2.24) is 10.2 Å². The SMILES string of the molecule is COC(=O)CN1C(=O)NC(=Cc2ccc(OCc3cccc([N+](=O)[O-])c3)cc2)C1=O. The van der Waals surface area contributed by atoms with Gasteiger partial charge in [-0.2, -0.15) is 0 Å². The third-order valence-electron chi connectivity index (χ3n) is 4.20. The van der Waals surface area contributed by atoms with Crippen molar-refractivity contribution in [2.24, 2.45) is 0 Å². The first-order chi connectivity index (χ1) is 14.4. The number of non-ortho nitro benzene ring substituents is 1. The number of imide groups is 1. The van der Waals surface area contributed by atoms with Crippen LogP contribution >= 0.6 is 0 Å². The molecule has 0 radical (unpaired) electrons. The van der Waals surface area contributed by atoms with E-state index in [4.69, 9.17) is 4.74 Å². The Morgan fingerprint density at radius 3 is 2.60 bits per heavy atom. The number of carbonyl (C=O) groups is 3. The minimum Gasteiger partial charge on any atom is -0.489 e. The molecule has 3 amide bonds. The van der Waals surface area contributed by atoms with E-state index in [0.29, 0.717) is 16.9 Å². The largest absolute Gasteiger partial charge is 0.489 e. The number of amides is 3. The van der Waals surface area contributed by atoms with Crippen molar-refractivity contribution >= 4 is 29.7 Å². The Balaban J connectivity index is 1.64. The quantitative estimate of drug-likeness (QED) is 0.243. The number of carbonyl (C=O) groups excluding carboxylic acids is 3. The van der Waals surface area contributed by atoms with Gasteiger partial charge in [-0.3, -0.25) is 19.7 Å². The zero-order chi connectivity index (χ0) is 21.7. The Labute approximate surface area is 170 Å². The number of nitro benzene ring substituents is 1. The van der Waals surface area contributed by atoms with Crippen molar-refractivity contribution in [3.05, 3.63) is 75.5 Å². The van der Waals surface area contributed by atoms with Crippen molar-refractivity contribution in [1.29, 1.82) is 0 Å². The molecule has 1 fully saturated rings. The van der Waals surface area contributed by atoms with Crippen LogP contribution in [0.3, 0.4) is 0 Å². The van der Waals surface area contributed by atoms with E-state index < -0.39 is 29.4 Å². The first-order valence-corrected chi connectivity index (χ1v) is 8.75. The van der Waals surface area contributed by atoms with Crippen LogP contribution in [0.4, 0.5) is 10.5 Å². The fourth-order valence-corrected chi connectivity index (χ4v) is 2.66. The zero-order valence-corrected chi connectivity index (χ0v) is 15.9. The lowest BCUT2D eigenvalue weighted by molar-refractivity contribution is -0.384. The molecular weight excluding hydrogens is 394 g/mol. The standard InChI is InChI=1S/C20H17N3O7/c1-29-18(24)11-22-19(25)17(21-20(22)26)10-13-5-7-16(8-6-13)30-12-14-3-2-4-15(9-14)23(27)28/h2-10H,11-12H2,1H3,(H,21,26). The number of ether oxygens (including phenoxy) is 2. The van der Waals surface area contributed by atoms with Crippen molar-refractivity contribution in [3.63, 3.8) is 0 Å². The van der Waals surface area contributed by atoms with Crippen LogP contribution in [0.5, 0.6) is 5.75 Å². The van der Waals surface area contributed by atoms with Gasteiger partial charge < -0.3 is 14.8 Å². The molecule has 10 nitrogen and oxygen atoms in total. The van der Waals surface area contributed by atoms with Crippen LogP contribution in [-0.2, 0) is 20.9 Å². The summed E-state index contributed by atoms with van der Waals surface area (Å²) in [5.74, 6) is -0.806. The van der Waals surface area contributed by atoms with Gasteiger partial charge in [-0.25, -0.2) is 9.69 Å². The summed E-state index contributed by atoms with van der Waals surface area (Å²) in [6.45, 7) is -0.317. The van der Waals surface area contributed by atoms with Gasteiger partial charge in [-0.05, 0) is 29.3 Å². The number of rotatable bonds is 7. The van der Waals surface area contributed by atoms with E-state index in [1.807, 2.05) is 0 Å². The molecule has 1 heterocycles. The third kappa shape index (κ3) is 4.79. The Hall–Kier alpha value is -4.21. The average Bonchev–Trinajstić information content (AvgIpc) is 3.00. The first-order valence-electron chi connectivity index (χ1n) is 8.75. The monoisotopic (exact) mass is 411 g/mol. The van der Waals surface area contributed by atoms with Gasteiger partial charge >= 0.3 is 12.0 Å². The smallest absolute Gasteiger partial charge is 0.329 e. The number of hydrogen-bond donors (Lipinski definition) is 1. The van der Waals surface area contributed by atoms with Crippen molar-refractivity contribution < 1.29 is 28.8 Å². The molecule has 0 aliphatic carbocycles. The molecule has 2 aromatic carbocycles. The minimum atomic E-state index is -0.704. The van der Waals surface area contributed by atoms with Crippen LogP contribution in [0.25, 0.3) is 6.08 Å². The fraction of sp³-hybridized carbons (Fsp3) is 0.150. The molecule has 0 bridgehead atoms. The Morgan fingerprint density at radius 2 is 1.93 bits per heavy atom. The summed E-state index contributed by atoms with van der Waals surface area (Å²) in [6.07, 6.45) is 1.47.